The van der Waals surface area contributed by atoms with E-state index in [-0.39, 0.29) is 5.54 Å². The van der Waals surface area contributed by atoms with Gasteiger partial charge in [0.1, 0.15) is 5.76 Å². The van der Waals surface area contributed by atoms with Crippen molar-refractivity contribution in [3.8, 4) is 0 Å². The molecule has 1 aromatic rings. The van der Waals surface area contributed by atoms with E-state index in [0.29, 0.717) is 0 Å². The molecule has 0 aliphatic heterocycles. The third kappa shape index (κ3) is 5.04. The maximum atomic E-state index is 5.20. The molecule has 80 valence electrons. The normalized spacial score (nSPS) is 11.9. The summed E-state index contributed by atoms with van der Waals surface area (Å²) in [6.07, 6.45) is 1.70. The van der Waals surface area contributed by atoms with E-state index >= 15 is 0 Å². The Balaban J connectivity index is 2.00. The summed E-state index contributed by atoms with van der Waals surface area (Å²) in [6, 6.07) is 3.88. The van der Waals surface area contributed by atoms with Crippen molar-refractivity contribution in [3.63, 3.8) is 0 Å². The van der Waals surface area contributed by atoms with E-state index in [4.69, 9.17) is 4.42 Å². The van der Waals surface area contributed by atoms with E-state index in [2.05, 4.69) is 31.4 Å². The average Bonchev–Trinajstić information content (AvgIpc) is 2.54. The molecular weight excluding hydrogens is 176 g/mol. The molecule has 0 amide bonds. The fourth-order valence-electron chi connectivity index (χ4n) is 1.15. The molecule has 0 atom stereocenters. The molecule has 0 spiro atoms. The highest BCUT2D eigenvalue weighted by atomic mass is 16.3. The van der Waals surface area contributed by atoms with Gasteiger partial charge in [0, 0.05) is 18.6 Å². The van der Waals surface area contributed by atoms with Gasteiger partial charge in [-0.2, -0.15) is 0 Å². The van der Waals surface area contributed by atoms with Gasteiger partial charge < -0.3 is 15.1 Å². The highest BCUT2D eigenvalue weighted by Crippen LogP contribution is 1.98. The zero-order valence-corrected chi connectivity index (χ0v) is 9.26. The van der Waals surface area contributed by atoms with Crippen molar-refractivity contribution >= 4 is 0 Å². The molecule has 14 heavy (non-hydrogen) atoms. The molecule has 0 aliphatic carbocycles. The average molecular weight is 196 g/mol. The van der Waals surface area contributed by atoms with Crippen LogP contribution in [0, 0.1) is 0 Å². The highest BCUT2D eigenvalue weighted by molar-refractivity contribution is 4.97. The lowest BCUT2D eigenvalue weighted by Crippen LogP contribution is -2.40. The molecule has 0 fully saturated rings. The van der Waals surface area contributed by atoms with Crippen molar-refractivity contribution < 1.29 is 4.42 Å². The minimum absolute atomic E-state index is 0.201. The minimum atomic E-state index is 0.201. The van der Waals surface area contributed by atoms with Crippen LogP contribution >= 0.6 is 0 Å². The Morgan fingerprint density at radius 2 is 2.07 bits per heavy atom. The zero-order valence-electron chi connectivity index (χ0n) is 9.26. The minimum Gasteiger partial charge on any atom is -0.468 e. The van der Waals surface area contributed by atoms with Crippen molar-refractivity contribution in [1.82, 2.24) is 10.6 Å². The molecule has 0 aromatic carbocycles. The van der Waals surface area contributed by atoms with Gasteiger partial charge in [0.25, 0.3) is 0 Å². The fraction of sp³-hybridized carbons (Fsp3) is 0.636. The number of hydrogen-bond donors (Lipinski definition) is 2. The van der Waals surface area contributed by atoms with E-state index < -0.39 is 0 Å². The summed E-state index contributed by atoms with van der Waals surface area (Å²) in [5.41, 5.74) is 0.201. The van der Waals surface area contributed by atoms with Crippen LogP contribution in [0.5, 0.6) is 0 Å². The molecular formula is C11H20N2O. The number of furan rings is 1. The Labute approximate surface area is 85.9 Å². The van der Waals surface area contributed by atoms with Crippen molar-refractivity contribution in [1.29, 1.82) is 0 Å². The van der Waals surface area contributed by atoms with Crippen LogP contribution in [0.15, 0.2) is 22.8 Å². The van der Waals surface area contributed by atoms with Crippen LogP contribution in [0.25, 0.3) is 0 Å². The Morgan fingerprint density at radius 3 is 2.64 bits per heavy atom. The Kier molecular flexibility index (Phi) is 4.17. The van der Waals surface area contributed by atoms with Crippen LogP contribution in [-0.4, -0.2) is 18.6 Å². The topological polar surface area (TPSA) is 37.2 Å². The van der Waals surface area contributed by atoms with E-state index in [1.165, 1.54) is 0 Å². The summed E-state index contributed by atoms with van der Waals surface area (Å²) < 4.78 is 5.20. The molecule has 0 radical (unpaired) electrons. The van der Waals surface area contributed by atoms with Crippen LogP contribution in [0.2, 0.25) is 0 Å². The number of hydrogen-bond acceptors (Lipinski definition) is 3. The molecule has 0 unspecified atom stereocenters. The quantitative estimate of drug-likeness (QED) is 0.705. The third-order valence-corrected chi connectivity index (χ3v) is 1.84. The van der Waals surface area contributed by atoms with E-state index in [1.54, 1.807) is 6.26 Å². The standard InChI is InChI=1S/C11H20N2O/c1-11(2,3)13-7-6-12-9-10-5-4-8-14-10/h4-5,8,12-13H,6-7,9H2,1-3H3. The van der Waals surface area contributed by atoms with E-state index in [1.807, 2.05) is 12.1 Å². The van der Waals surface area contributed by atoms with Gasteiger partial charge in [-0.1, -0.05) is 0 Å². The first-order valence-electron chi connectivity index (χ1n) is 5.06. The van der Waals surface area contributed by atoms with Crippen LogP contribution in [0.1, 0.15) is 26.5 Å². The van der Waals surface area contributed by atoms with E-state index in [0.717, 1.165) is 25.4 Å². The lowest BCUT2D eigenvalue weighted by Gasteiger charge is -2.20. The summed E-state index contributed by atoms with van der Waals surface area (Å²) in [6.45, 7) is 9.24. The van der Waals surface area contributed by atoms with Gasteiger partial charge in [-0.15, -0.1) is 0 Å². The number of nitrogens with one attached hydrogen (secondary N) is 2. The monoisotopic (exact) mass is 196 g/mol. The first-order valence-corrected chi connectivity index (χ1v) is 5.06. The van der Waals surface area contributed by atoms with Gasteiger partial charge in [0.2, 0.25) is 0 Å². The van der Waals surface area contributed by atoms with Gasteiger partial charge in [0.05, 0.1) is 12.8 Å². The van der Waals surface area contributed by atoms with Gasteiger partial charge in [-0.3, -0.25) is 0 Å². The SMILES string of the molecule is CC(C)(C)NCCNCc1ccco1. The number of rotatable bonds is 5. The van der Waals surface area contributed by atoms with Crippen LogP contribution < -0.4 is 10.6 Å². The fourth-order valence-corrected chi connectivity index (χ4v) is 1.15. The lowest BCUT2D eigenvalue weighted by molar-refractivity contribution is 0.415. The third-order valence-electron chi connectivity index (χ3n) is 1.84. The Hall–Kier alpha value is -0.800. The zero-order chi connectivity index (χ0) is 10.4. The van der Waals surface area contributed by atoms with Crippen molar-refractivity contribution in [3.05, 3.63) is 24.2 Å². The molecule has 1 heterocycles. The van der Waals surface area contributed by atoms with Crippen LogP contribution in [0.4, 0.5) is 0 Å². The van der Waals surface area contributed by atoms with Crippen molar-refractivity contribution in [2.45, 2.75) is 32.9 Å². The Morgan fingerprint density at radius 1 is 1.29 bits per heavy atom. The lowest BCUT2D eigenvalue weighted by atomic mass is 10.1. The first-order chi connectivity index (χ1) is 6.58. The Bertz CT molecular complexity index is 236. The molecule has 0 saturated heterocycles. The van der Waals surface area contributed by atoms with Crippen molar-refractivity contribution in [2.75, 3.05) is 13.1 Å². The maximum Gasteiger partial charge on any atom is 0.117 e. The highest BCUT2D eigenvalue weighted by Gasteiger charge is 2.06. The second-order valence-electron chi connectivity index (χ2n) is 4.43. The van der Waals surface area contributed by atoms with Gasteiger partial charge >= 0.3 is 0 Å². The van der Waals surface area contributed by atoms with Gasteiger partial charge in [-0.25, -0.2) is 0 Å². The molecule has 3 nitrogen and oxygen atoms in total. The summed E-state index contributed by atoms with van der Waals surface area (Å²) in [7, 11) is 0. The predicted molar refractivity (Wildman–Crippen MR) is 58.2 cm³/mol. The molecule has 0 bridgehead atoms. The largest absolute Gasteiger partial charge is 0.468 e. The second-order valence-corrected chi connectivity index (χ2v) is 4.43. The van der Waals surface area contributed by atoms with E-state index in [9.17, 15) is 0 Å². The summed E-state index contributed by atoms with van der Waals surface area (Å²) in [5, 5.41) is 6.71. The van der Waals surface area contributed by atoms with Crippen LogP contribution in [-0.2, 0) is 6.54 Å². The molecule has 3 heteroatoms. The summed E-state index contributed by atoms with van der Waals surface area (Å²) in [4.78, 5) is 0. The van der Waals surface area contributed by atoms with Gasteiger partial charge in [-0.05, 0) is 32.9 Å². The molecule has 0 aliphatic rings. The van der Waals surface area contributed by atoms with Gasteiger partial charge in [0.15, 0.2) is 0 Å². The maximum absolute atomic E-state index is 5.20. The second kappa shape index (κ2) is 5.17. The summed E-state index contributed by atoms with van der Waals surface area (Å²) in [5.74, 6) is 0.987. The van der Waals surface area contributed by atoms with Crippen LogP contribution in [0.3, 0.4) is 0 Å². The first kappa shape index (κ1) is 11.3. The molecule has 1 rings (SSSR count). The predicted octanol–water partition coefficient (Wildman–Crippen LogP) is 1.76. The molecule has 1 aromatic heterocycles. The molecule has 2 N–H and O–H groups in total. The summed E-state index contributed by atoms with van der Waals surface area (Å²) >= 11 is 0. The van der Waals surface area contributed by atoms with Crippen molar-refractivity contribution in [2.24, 2.45) is 0 Å². The smallest absolute Gasteiger partial charge is 0.117 e. The molecule has 0 saturated carbocycles.